The fraction of sp³-hybridized carbons (Fsp3) is 0.400. The highest BCUT2D eigenvalue weighted by atomic mass is 16.7. The SMILES string of the molecule is CC(C)c1ccccc1N.CN(C)c1nnc(OC(=O)O)n1C. The molecule has 2 rings (SSSR count). The van der Waals surface area contributed by atoms with Crippen LogP contribution in [0.1, 0.15) is 25.3 Å². The normalized spacial score (nSPS) is 10.0. The maximum absolute atomic E-state index is 10.2. The van der Waals surface area contributed by atoms with Gasteiger partial charge in [0, 0.05) is 26.8 Å². The molecule has 0 spiro atoms. The van der Waals surface area contributed by atoms with Crippen molar-refractivity contribution in [2.75, 3.05) is 24.7 Å². The number of rotatable bonds is 3. The van der Waals surface area contributed by atoms with E-state index in [0.717, 1.165) is 5.69 Å². The summed E-state index contributed by atoms with van der Waals surface area (Å²) in [6.07, 6.45) is -1.40. The molecule has 3 N–H and O–H groups in total. The molecule has 0 bridgehead atoms. The minimum absolute atomic E-state index is 0.0452. The molecule has 1 aromatic carbocycles. The van der Waals surface area contributed by atoms with Gasteiger partial charge in [0.15, 0.2) is 0 Å². The predicted molar refractivity (Wildman–Crippen MR) is 88.9 cm³/mol. The topological polar surface area (TPSA) is 106 Å². The molecule has 0 fully saturated rings. The molecule has 1 aromatic heterocycles. The molecule has 0 atom stereocenters. The summed E-state index contributed by atoms with van der Waals surface area (Å²) in [6, 6.07) is 7.94. The number of anilines is 2. The van der Waals surface area contributed by atoms with E-state index >= 15 is 0 Å². The van der Waals surface area contributed by atoms with Gasteiger partial charge in [-0.1, -0.05) is 37.1 Å². The molecule has 0 saturated heterocycles. The number of hydrogen-bond donors (Lipinski definition) is 2. The average Bonchev–Trinajstić information content (AvgIpc) is 2.80. The lowest BCUT2D eigenvalue weighted by atomic mass is 10.0. The van der Waals surface area contributed by atoms with Crippen molar-refractivity contribution >= 4 is 17.8 Å². The van der Waals surface area contributed by atoms with Gasteiger partial charge in [0.2, 0.25) is 5.95 Å². The Morgan fingerprint density at radius 3 is 2.30 bits per heavy atom. The molecule has 126 valence electrons. The van der Waals surface area contributed by atoms with Gasteiger partial charge in [0.05, 0.1) is 0 Å². The van der Waals surface area contributed by atoms with Crippen LogP contribution in [0.5, 0.6) is 6.01 Å². The number of ether oxygens (including phenoxy) is 1. The lowest BCUT2D eigenvalue weighted by Crippen LogP contribution is -2.15. The van der Waals surface area contributed by atoms with Crippen molar-refractivity contribution in [1.82, 2.24) is 14.8 Å². The highest BCUT2D eigenvalue weighted by Crippen LogP contribution is 2.20. The molecule has 0 aliphatic heterocycles. The largest absolute Gasteiger partial charge is 0.513 e. The van der Waals surface area contributed by atoms with Gasteiger partial charge in [-0.3, -0.25) is 4.57 Å². The number of aromatic nitrogens is 3. The lowest BCUT2D eigenvalue weighted by Gasteiger charge is -2.09. The third-order valence-electron chi connectivity index (χ3n) is 3.01. The van der Waals surface area contributed by atoms with Crippen molar-refractivity contribution < 1.29 is 14.6 Å². The van der Waals surface area contributed by atoms with E-state index in [9.17, 15) is 4.79 Å². The zero-order valence-corrected chi connectivity index (χ0v) is 14.0. The molecule has 0 aliphatic carbocycles. The Labute approximate surface area is 135 Å². The van der Waals surface area contributed by atoms with Gasteiger partial charge in [-0.2, -0.15) is 0 Å². The summed E-state index contributed by atoms with van der Waals surface area (Å²) in [6.45, 7) is 4.29. The first-order valence-corrected chi connectivity index (χ1v) is 7.06. The van der Waals surface area contributed by atoms with Gasteiger partial charge < -0.3 is 20.5 Å². The Morgan fingerprint density at radius 2 is 1.91 bits per heavy atom. The molecular weight excluding hydrogens is 298 g/mol. The molecule has 0 aliphatic rings. The highest BCUT2D eigenvalue weighted by molar-refractivity contribution is 5.59. The van der Waals surface area contributed by atoms with Gasteiger partial charge >= 0.3 is 12.2 Å². The van der Waals surface area contributed by atoms with E-state index in [0.29, 0.717) is 11.9 Å². The van der Waals surface area contributed by atoms with Crippen LogP contribution >= 0.6 is 0 Å². The first kappa shape index (κ1) is 18.3. The number of carbonyl (C=O) groups is 1. The maximum Gasteiger partial charge on any atom is 0.513 e. The van der Waals surface area contributed by atoms with Crippen molar-refractivity contribution in [2.24, 2.45) is 7.05 Å². The van der Waals surface area contributed by atoms with E-state index in [1.54, 1.807) is 26.0 Å². The Hall–Kier alpha value is -2.77. The molecule has 1 heterocycles. The smallest absolute Gasteiger partial charge is 0.449 e. The fourth-order valence-electron chi connectivity index (χ4n) is 1.90. The molecule has 0 radical (unpaired) electrons. The standard InChI is InChI=1S/C9H13N.C6H10N4O3/c1-7(2)8-5-3-4-6-9(8)10;1-9(2)4-7-8-5(10(4)3)13-6(11)12/h3-7H,10H2,1-2H3;1-3H3,(H,11,12). The molecule has 2 aromatic rings. The Balaban J connectivity index is 0.000000238. The van der Waals surface area contributed by atoms with Gasteiger partial charge in [0.1, 0.15) is 0 Å². The highest BCUT2D eigenvalue weighted by Gasteiger charge is 2.13. The van der Waals surface area contributed by atoms with Crippen LogP contribution in [-0.4, -0.2) is 40.1 Å². The van der Waals surface area contributed by atoms with Crippen molar-refractivity contribution in [3.05, 3.63) is 29.8 Å². The first-order valence-electron chi connectivity index (χ1n) is 7.06. The average molecular weight is 321 g/mol. The fourth-order valence-corrected chi connectivity index (χ4v) is 1.90. The van der Waals surface area contributed by atoms with E-state index in [-0.39, 0.29) is 6.01 Å². The summed E-state index contributed by atoms with van der Waals surface area (Å²) in [5, 5.41) is 15.6. The van der Waals surface area contributed by atoms with Crippen LogP contribution in [0.4, 0.5) is 16.4 Å². The Bertz CT molecular complexity index is 652. The Morgan fingerprint density at radius 1 is 1.30 bits per heavy atom. The van der Waals surface area contributed by atoms with Gasteiger partial charge in [-0.25, -0.2) is 4.79 Å². The van der Waals surface area contributed by atoms with Crippen molar-refractivity contribution in [3.8, 4) is 6.01 Å². The number of nitrogens with zero attached hydrogens (tertiary/aromatic N) is 4. The van der Waals surface area contributed by atoms with Crippen molar-refractivity contribution in [2.45, 2.75) is 19.8 Å². The van der Waals surface area contributed by atoms with E-state index in [2.05, 4.69) is 34.8 Å². The minimum Gasteiger partial charge on any atom is -0.449 e. The number of nitrogens with two attached hydrogens (primary N) is 1. The van der Waals surface area contributed by atoms with Gasteiger partial charge in [-0.15, -0.1) is 5.10 Å². The molecule has 0 saturated carbocycles. The number of nitrogen functional groups attached to an aromatic ring is 1. The minimum atomic E-state index is -1.40. The summed E-state index contributed by atoms with van der Waals surface area (Å²) in [5.74, 6) is 1.05. The van der Waals surface area contributed by atoms with Crippen LogP contribution in [0.25, 0.3) is 0 Å². The van der Waals surface area contributed by atoms with E-state index in [4.69, 9.17) is 10.8 Å². The zero-order valence-electron chi connectivity index (χ0n) is 14.0. The molecule has 0 amide bonds. The molecule has 8 heteroatoms. The van der Waals surface area contributed by atoms with Crippen LogP contribution in [0.3, 0.4) is 0 Å². The third kappa shape index (κ3) is 5.17. The van der Waals surface area contributed by atoms with Gasteiger partial charge in [-0.05, 0) is 17.5 Å². The number of para-hydroxylation sites is 1. The number of hydrogen-bond acceptors (Lipinski definition) is 6. The van der Waals surface area contributed by atoms with Crippen molar-refractivity contribution in [3.63, 3.8) is 0 Å². The van der Waals surface area contributed by atoms with Crippen LogP contribution in [0, 0.1) is 0 Å². The molecular formula is C15H23N5O3. The second-order valence-electron chi connectivity index (χ2n) is 5.39. The van der Waals surface area contributed by atoms with Crippen LogP contribution in [-0.2, 0) is 7.05 Å². The zero-order chi connectivity index (χ0) is 17.6. The number of benzene rings is 1. The second kappa shape index (κ2) is 8.02. The summed E-state index contributed by atoms with van der Waals surface area (Å²) < 4.78 is 5.79. The lowest BCUT2D eigenvalue weighted by molar-refractivity contribution is 0.139. The summed E-state index contributed by atoms with van der Waals surface area (Å²) in [7, 11) is 5.16. The van der Waals surface area contributed by atoms with E-state index < -0.39 is 6.16 Å². The second-order valence-corrected chi connectivity index (χ2v) is 5.39. The Kier molecular flexibility index (Phi) is 6.37. The molecule has 0 unspecified atom stereocenters. The third-order valence-corrected chi connectivity index (χ3v) is 3.01. The summed E-state index contributed by atoms with van der Waals surface area (Å²) in [4.78, 5) is 11.9. The quantitative estimate of drug-likeness (QED) is 0.660. The van der Waals surface area contributed by atoms with Crippen LogP contribution in [0.2, 0.25) is 0 Å². The molecule has 23 heavy (non-hydrogen) atoms. The van der Waals surface area contributed by atoms with Gasteiger partial charge in [0.25, 0.3) is 0 Å². The first-order chi connectivity index (χ1) is 10.7. The monoisotopic (exact) mass is 321 g/mol. The number of carboxylic acid groups (broad SMARTS) is 1. The maximum atomic E-state index is 10.2. The van der Waals surface area contributed by atoms with Crippen LogP contribution < -0.4 is 15.4 Å². The van der Waals surface area contributed by atoms with E-state index in [1.807, 2.05) is 18.2 Å². The van der Waals surface area contributed by atoms with E-state index in [1.165, 1.54) is 10.1 Å². The van der Waals surface area contributed by atoms with Crippen molar-refractivity contribution in [1.29, 1.82) is 0 Å². The van der Waals surface area contributed by atoms with Crippen LogP contribution in [0.15, 0.2) is 24.3 Å². The summed E-state index contributed by atoms with van der Waals surface area (Å²) in [5.41, 5.74) is 7.86. The predicted octanol–water partition coefficient (Wildman–Crippen LogP) is 2.33. The summed E-state index contributed by atoms with van der Waals surface area (Å²) >= 11 is 0. The molecule has 8 nitrogen and oxygen atoms in total.